The summed E-state index contributed by atoms with van der Waals surface area (Å²) >= 11 is 5.44. The highest BCUT2D eigenvalue weighted by Crippen LogP contribution is 2.29. The molecule has 0 spiro atoms. The van der Waals surface area contributed by atoms with E-state index in [-0.39, 0.29) is 0 Å². The Morgan fingerprint density at radius 1 is 0.895 bits per heavy atom. The maximum Gasteiger partial charge on any atom is 0.252 e. The van der Waals surface area contributed by atoms with Gasteiger partial charge in [0.15, 0.2) is 11.5 Å². The van der Waals surface area contributed by atoms with Crippen molar-refractivity contribution in [2.24, 2.45) is 0 Å². The van der Waals surface area contributed by atoms with Gasteiger partial charge in [0.2, 0.25) is 0 Å². The van der Waals surface area contributed by atoms with Gasteiger partial charge in [-0.25, -0.2) is 0 Å². The molecular weight excluding hydrogens is 272 g/mol. The minimum Gasteiger partial charge on any atom is -0.487 e. The second-order valence-electron chi connectivity index (χ2n) is 3.86. The van der Waals surface area contributed by atoms with Gasteiger partial charge in [0, 0.05) is 5.56 Å². The lowest BCUT2D eigenvalue weighted by molar-refractivity contribution is 0.0223. The van der Waals surface area contributed by atoms with Gasteiger partial charge in [-0.15, -0.1) is 0 Å². The number of halogens is 1. The van der Waals surface area contributed by atoms with Crippen LogP contribution in [0.25, 0.3) is 0 Å². The molecular formula is C13H15ClO5. The van der Waals surface area contributed by atoms with E-state index in [9.17, 15) is 4.79 Å². The molecule has 0 bridgehead atoms. The van der Waals surface area contributed by atoms with Crippen LogP contribution in [0.4, 0.5) is 0 Å². The number of rotatable bonds is 1. The quantitative estimate of drug-likeness (QED) is 0.738. The summed E-state index contributed by atoms with van der Waals surface area (Å²) in [5.41, 5.74) is 0.369. The lowest BCUT2D eigenvalue weighted by Crippen LogP contribution is -2.15. The minimum atomic E-state index is -0.530. The van der Waals surface area contributed by atoms with Gasteiger partial charge in [0.25, 0.3) is 5.24 Å². The Hall–Kier alpha value is -1.30. The molecule has 0 atom stereocenters. The van der Waals surface area contributed by atoms with Crippen molar-refractivity contribution in [3.8, 4) is 11.5 Å². The van der Waals surface area contributed by atoms with Crippen LogP contribution in [0, 0.1) is 0 Å². The Labute approximate surface area is 116 Å². The number of carbonyl (C=O) groups is 1. The van der Waals surface area contributed by atoms with Crippen LogP contribution in [-0.4, -0.2) is 44.9 Å². The van der Waals surface area contributed by atoms with E-state index in [1.165, 1.54) is 0 Å². The van der Waals surface area contributed by atoms with E-state index in [0.717, 1.165) is 0 Å². The molecule has 2 rings (SSSR count). The molecule has 0 aromatic heterocycles. The predicted octanol–water partition coefficient (Wildman–Crippen LogP) is 1.87. The molecule has 1 aromatic rings. The molecule has 1 aromatic carbocycles. The van der Waals surface area contributed by atoms with Crippen molar-refractivity contribution in [3.05, 3.63) is 23.8 Å². The first-order valence-electron chi connectivity index (χ1n) is 6.02. The van der Waals surface area contributed by atoms with Crippen LogP contribution in [0.15, 0.2) is 18.2 Å². The van der Waals surface area contributed by atoms with Crippen molar-refractivity contribution < 1.29 is 23.7 Å². The van der Waals surface area contributed by atoms with E-state index in [4.69, 9.17) is 30.5 Å². The van der Waals surface area contributed by atoms with E-state index >= 15 is 0 Å². The number of fused-ring (bicyclic) bond motifs is 1. The van der Waals surface area contributed by atoms with Gasteiger partial charge in [-0.2, -0.15) is 0 Å². The number of hydrogen-bond donors (Lipinski definition) is 0. The summed E-state index contributed by atoms with van der Waals surface area (Å²) < 4.78 is 21.7. The van der Waals surface area contributed by atoms with Gasteiger partial charge in [0.05, 0.1) is 26.4 Å². The maximum atomic E-state index is 11.1. The molecule has 1 heterocycles. The average molecular weight is 287 g/mol. The largest absolute Gasteiger partial charge is 0.487 e. The van der Waals surface area contributed by atoms with E-state index in [2.05, 4.69) is 0 Å². The summed E-state index contributed by atoms with van der Waals surface area (Å²) in [4.78, 5) is 11.1. The Morgan fingerprint density at radius 2 is 1.47 bits per heavy atom. The monoisotopic (exact) mass is 286 g/mol. The zero-order chi connectivity index (χ0) is 13.5. The fourth-order valence-corrected chi connectivity index (χ4v) is 1.72. The molecule has 0 radical (unpaired) electrons. The first-order chi connectivity index (χ1) is 9.27. The normalized spacial score (nSPS) is 17.1. The second-order valence-corrected chi connectivity index (χ2v) is 4.20. The smallest absolute Gasteiger partial charge is 0.252 e. The zero-order valence-electron chi connectivity index (χ0n) is 10.4. The van der Waals surface area contributed by atoms with Crippen molar-refractivity contribution in [1.82, 2.24) is 0 Å². The maximum absolute atomic E-state index is 11.1. The molecule has 0 saturated heterocycles. The minimum absolute atomic E-state index is 0.369. The highest BCUT2D eigenvalue weighted by molar-refractivity contribution is 6.67. The van der Waals surface area contributed by atoms with Crippen molar-refractivity contribution in [2.45, 2.75) is 0 Å². The van der Waals surface area contributed by atoms with Crippen molar-refractivity contribution in [3.63, 3.8) is 0 Å². The summed E-state index contributed by atoms with van der Waals surface area (Å²) in [5.74, 6) is 1.04. The number of carbonyl (C=O) groups excluding carboxylic acids is 1. The summed E-state index contributed by atoms with van der Waals surface area (Å²) in [6, 6.07) is 4.83. The molecule has 0 unspecified atom stereocenters. The summed E-state index contributed by atoms with van der Waals surface area (Å²) in [6.45, 7) is 2.76. The predicted molar refractivity (Wildman–Crippen MR) is 69.3 cm³/mol. The highest BCUT2D eigenvalue weighted by Gasteiger charge is 2.11. The van der Waals surface area contributed by atoms with Crippen molar-refractivity contribution >= 4 is 16.8 Å². The first-order valence-corrected chi connectivity index (χ1v) is 6.40. The lowest BCUT2D eigenvalue weighted by Gasteiger charge is -2.15. The topological polar surface area (TPSA) is 54.0 Å². The van der Waals surface area contributed by atoms with Crippen LogP contribution >= 0.6 is 11.6 Å². The van der Waals surface area contributed by atoms with Gasteiger partial charge in [-0.1, -0.05) is 0 Å². The molecule has 19 heavy (non-hydrogen) atoms. The molecule has 0 amide bonds. The van der Waals surface area contributed by atoms with Gasteiger partial charge in [0.1, 0.15) is 13.2 Å². The Kier molecular flexibility index (Phi) is 5.44. The Morgan fingerprint density at radius 3 is 2.11 bits per heavy atom. The molecule has 6 heteroatoms. The molecule has 5 nitrogen and oxygen atoms in total. The summed E-state index contributed by atoms with van der Waals surface area (Å²) in [6.07, 6.45) is 0. The molecule has 104 valence electrons. The van der Waals surface area contributed by atoms with Gasteiger partial charge < -0.3 is 18.9 Å². The number of ether oxygens (including phenoxy) is 4. The lowest BCUT2D eigenvalue weighted by atomic mass is 10.2. The Balaban J connectivity index is 2.13. The van der Waals surface area contributed by atoms with Crippen molar-refractivity contribution in [1.29, 1.82) is 0 Å². The van der Waals surface area contributed by atoms with Crippen molar-refractivity contribution in [2.75, 3.05) is 39.6 Å². The zero-order valence-corrected chi connectivity index (χ0v) is 11.1. The third kappa shape index (κ3) is 4.38. The van der Waals surface area contributed by atoms with Crippen LogP contribution in [0.2, 0.25) is 0 Å². The van der Waals surface area contributed by atoms with E-state index in [0.29, 0.717) is 56.7 Å². The third-order valence-electron chi connectivity index (χ3n) is 2.51. The highest BCUT2D eigenvalue weighted by atomic mass is 35.5. The van der Waals surface area contributed by atoms with Crippen LogP contribution in [0.3, 0.4) is 0 Å². The third-order valence-corrected chi connectivity index (χ3v) is 2.73. The molecule has 0 N–H and O–H groups in total. The van der Waals surface area contributed by atoms with Gasteiger partial charge in [-0.3, -0.25) is 4.79 Å². The standard InChI is InChI=1S/C13H15ClO5/c14-13(15)10-1-2-11-12(9-10)19-8-6-17-4-3-16-5-7-18-11/h1-2,9H,3-8H2. The molecule has 1 aliphatic rings. The van der Waals surface area contributed by atoms with E-state index in [1.54, 1.807) is 18.2 Å². The SMILES string of the molecule is O=C(Cl)c1ccc2c(c1)OCCOCCOCCO2. The van der Waals surface area contributed by atoms with Crippen LogP contribution in [0.1, 0.15) is 10.4 Å². The first kappa shape index (κ1) is 14.1. The number of hydrogen-bond acceptors (Lipinski definition) is 5. The Bertz CT molecular complexity index is 435. The van der Waals surface area contributed by atoms with Crippen LogP contribution in [0.5, 0.6) is 11.5 Å². The summed E-state index contributed by atoms with van der Waals surface area (Å²) in [7, 11) is 0. The molecule has 0 fully saturated rings. The molecule has 0 saturated carbocycles. The van der Waals surface area contributed by atoms with Gasteiger partial charge in [-0.05, 0) is 29.8 Å². The molecule has 0 aliphatic carbocycles. The van der Waals surface area contributed by atoms with E-state index < -0.39 is 5.24 Å². The second kappa shape index (κ2) is 7.33. The number of benzene rings is 1. The summed E-state index contributed by atoms with van der Waals surface area (Å²) in [5, 5.41) is -0.530. The fraction of sp³-hybridized carbons (Fsp3) is 0.462. The molecule has 1 aliphatic heterocycles. The van der Waals surface area contributed by atoms with Gasteiger partial charge >= 0.3 is 0 Å². The van der Waals surface area contributed by atoms with Crippen LogP contribution in [-0.2, 0) is 9.47 Å². The average Bonchev–Trinajstić information content (AvgIpc) is 2.39. The van der Waals surface area contributed by atoms with E-state index in [1.807, 2.05) is 0 Å². The fourth-order valence-electron chi connectivity index (χ4n) is 1.61. The van der Waals surface area contributed by atoms with Crippen LogP contribution < -0.4 is 9.47 Å².